The van der Waals surface area contributed by atoms with Gasteiger partial charge in [0.2, 0.25) is 0 Å². The Hall–Kier alpha value is -1.06. The van der Waals surface area contributed by atoms with Crippen LogP contribution in [0.3, 0.4) is 0 Å². The lowest BCUT2D eigenvalue weighted by Gasteiger charge is -2.27. The number of unbranched alkanes of at least 4 members (excludes halogenated alkanes) is 7. The van der Waals surface area contributed by atoms with Crippen molar-refractivity contribution in [3.8, 4) is 0 Å². The maximum atomic E-state index is 12.6. The Morgan fingerprint density at radius 3 is 2.00 bits per heavy atom. The van der Waals surface area contributed by atoms with E-state index >= 15 is 0 Å². The zero-order valence-corrected chi connectivity index (χ0v) is 20.1. The van der Waals surface area contributed by atoms with E-state index < -0.39 is 0 Å². The van der Waals surface area contributed by atoms with Crippen LogP contribution in [0.15, 0.2) is 0 Å². The first-order valence-corrected chi connectivity index (χ1v) is 13.0. The lowest BCUT2D eigenvalue weighted by atomic mass is 9.81. The van der Waals surface area contributed by atoms with E-state index in [0.29, 0.717) is 25.6 Å². The fourth-order valence-corrected chi connectivity index (χ4v) is 4.51. The molecule has 0 spiro atoms. The summed E-state index contributed by atoms with van der Waals surface area (Å²) in [5.74, 6) is 0.00678. The van der Waals surface area contributed by atoms with Crippen LogP contribution in [0.4, 0.5) is 0 Å². The maximum absolute atomic E-state index is 12.6. The quantitative estimate of drug-likeness (QED) is 0.182. The van der Waals surface area contributed by atoms with Crippen molar-refractivity contribution in [2.24, 2.45) is 17.8 Å². The van der Waals surface area contributed by atoms with Gasteiger partial charge in [0.15, 0.2) is 0 Å². The third kappa shape index (κ3) is 12.0. The van der Waals surface area contributed by atoms with E-state index in [-0.39, 0.29) is 23.8 Å². The summed E-state index contributed by atoms with van der Waals surface area (Å²) < 4.78 is 11.2. The van der Waals surface area contributed by atoms with Gasteiger partial charge in [-0.2, -0.15) is 0 Å². The van der Waals surface area contributed by atoms with E-state index in [1.165, 1.54) is 44.9 Å². The SMILES string of the molecule is CCCCCCCCOC(=O)C1CCCC(C(=O)OCC(CCC)CCCCC)C1. The second-order valence-electron chi connectivity index (χ2n) is 9.28. The van der Waals surface area contributed by atoms with E-state index in [1.54, 1.807) is 0 Å². The molecule has 4 nitrogen and oxygen atoms in total. The molecule has 0 radical (unpaired) electrons. The lowest BCUT2D eigenvalue weighted by molar-refractivity contribution is -0.156. The highest BCUT2D eigenvalue weighted by Crippen LogP contribution is 2.31. The Morgan fingerprint density at radius 2 is 1.33 bits per heavy atom. The molecule has 0 aromatic heterocycles. The third-order valence-electron chi connectivity index (χ3n) is 6.46. The molecule has 0 bridgehead atoms. The summed E-state index contributed by atoms with van der Waals surface area (Å²) in [5, 5.41) is 0. The average molecular weight is 425 g/mol. The van der Waals surface area contributed by atoms with Gasteiger partial charge in [0.25, 0.3) is 0 Å². The fourth-order valence-electron chi connectivity index (χ4n) is 4.51. The van der Waals surface area contributed by atoms with Gasteiger partial charge in [0.05, 0.1) is 25.0 Å². The van der Waals surface area contributed by atoms with Crippen LogP contribution >= 0.6 is 0 Å². The van der Waals surface area contributed by atoms with Crippen LogP contribution < -0.4 is 0 Å². The predicted molar refractivity (Wildman–Crippen MR) is 123 cm³/mol. The van der Waals surface area contributed by atoms with Crippen LogP contribution in [0, 0.1) is 17.8 Å². The van der Waals surface area contributed by atoms with E-state index in [4.69, 9.17) is 9.47 Å². The number of rotatable bonds is 17. The molecule has 4 heteroatoms. The average Bonchev–Trinajstić information content (AvgIpc) is 2.76. The number of esters is 2. The largest absolute Gasteiger partial charge is 0.465 e. The van der Waals surface area contributed by atoms with Crippen molar-refractivity contribution in [3.63, 3.8) is 0 Å². The van der Waals surface area contributed by atoms with E-state index in [0.717, 1.165) is 51.4 Å². The second-order valence-corrected chi connectivity index (χ2v) is 9.28. The van der Waals surface area contributed by atoms with Crippen molar-refractivity contribution in [2.75, 3.05) is 13.2 Å². The van der Waals surface area contributed by atoms with Gasteiger partial charge in [0, 0.05) is 0 Å². The molecule has 0 aliphatic heterocycles. The van der Waals surface area contributed by atoms with Crippen LogP contribution in [-0.4, -0.2) is 25.2 Å². The minimum atomic E-state index is -0.136. The molecule has 30 heavy (non-hydrogen) atoms. The first kappa shape index (κ1) is 27.0. The van der Waals surface area contributed by atoms with Crippen molar-refractivity contribution in [2.45, 2.75) is 124 Å². The normalized spacial score (nSPS) is 20.0. The molecular weight excluding hydrogens is 376 g/mol. The van der Waals surface area contributed by atoms with Crippen LogP contribution in [0.2, 0.25) is 0 Å². The summed E-state index contributed by atoms with van der Waals surface area (Å²) in [5.41, 5.74) is 0. The minimum absolute atomic E-state index is 0.0972. The Labute approximate surface area is 185 Å². The smallest absolute Gasteiger partial charge is 0.308 e. The van der Waals surface area contributed by atoms with Gasteiger partial charge in [-0.05, 0) is 44.4 Å². The van der Waals surface area contributed by atoms with E-state index in [9.17, 15) is 9.59 Å². The monoisotopic (exact) mass is 424 g/mol. The van der Waals surface area contributed by atoms with Gasteiger partial charge >= 0.3 is 11.9 Å². The van der Waals surface area contributed by atoms with E-state index in [1.807, 2.05) is 0 Å². The molecule has 1 fully saturated rings. The second kappa shape index (κ2) is 17.6. The summed E-state index contributed by atoms with van der Waals surface area (Å²) in [4.78, 5) is 25.0. The molecule has 1 aliphatic carbocycles. The van der Waals surface area contributed by atoms with Crippen LogP contribution in [0.5, 0.6) is 0 Å². The molecule has 0 heterocycles. The van der Waals surface area contributed by atoms with Crippen LogP contribution in [0.1, 0.15) is 124 Å². The van der Waals surface area contributed by atoms with Crippen molar-refractivity contribution >= 4 is 11.9 Å². The molecule has 176 valence electrons. The Morgan fingerprint density at radius 1 is 0.733 bits per heavy atom. The van der Waals surface area contributed by atoms with Gasteiger partial charge in [0.1, 0.15) is 0 Å². The molecule has 0 N–H and O–H groups in total. The van der Waals surface area contributed by atoms with Gasteiger partial charge in [-0.3, -0.25) is 9.59 Å². The standard InChI is InChI=1S/C26H48O4/c1-4-7-9-10-11-13-19-29-25(27)23-17-14-18-24(20-23)26(28)30-21-22(15-6-3)16-12-8-5-2/h22-24H,4-21H2,1-3H3. The number of carbonyl (C=O) groups excluding carboxylic acids is 2. The third-order valence-corrected chi connectivity index (χ3v) is 6.46. The van der Waals surface area contributed by atoms with Crippen molar-refractivity contribution in [3.05, 3.63) is 0 Å². The summed E-state index contributed by atoms with van der Waals surface area (Å²) >= 11 is 0. The van der Waals surface area contributed by atoms with Crippen molar-refractivity contribution in [1.82, 2.24) is 0 Å². The van der Waals surface area contributed by atoms with Gasteiger partial charge in [-0.25, -0.2) is 0 Å². The van der Waals surface area contributed by atoms with Crippen LogP contribution in [0.25, 0.3) is 0 Å². The molecule has 0 aromatic rings. The Balaban J connectivity index is 2.29. The van der Waals surface area contributed by atoms with Crippen LogP contribution in [-0.2, 0) is 19.1 Å². The molecule has 3 atom stereocenters. The molecular formula is C26H48O4. The topological polar surface area (TPSA) is 52.6 Å². The Kier molecular flexibility index (Phi) is 15.8. The highest BCUT2D eigenvalue weighted by atomic mass is 16.5. The molecule has 0 aromatic carbocycles. The van der Waals surface area contributed by atoms with Gasteiger partial charge < -0.3 is 9.47 Å². The molecule has 3 unspecified atom stereocenters. The van der Waals surface area contributed by atoms with Gasteiger partial charge in [-0.1, -0.05) is 85.0 Å². The fraction of sp³-hybridized carbons (Fsp3) is 0.923. The van der Waals surface area contributed by atoms with Gasteiger partial charge in [-0.15, -0.1) is 0 Å². The highest BCUT2D eigenvalue weighted by Gasteiger charge is 2.33. The number of carbonyl (C=O) groups is 2. The van der Waals surface area contributed by atoms with E-state index in [2.05, 4.69) is 20.8 Å². The first-order valence-electron chi connectivity index (χ1n) is 13.0. The predicted octanol–water partition coefficient (Wildman–Crippen LogP) is 7.24. The first-order chi connectivity index (χ1) is 14.6. The van der Waals surface area contributed by atoms with Crippen molar-refractivity contribution < 1.29 is 19.1 Å². The summed E-state index contributed by atoms with van der Waals surface area (Å²) in [6.07, 6.45) is 17.4. The van der Waals surface area contributed by atoms with Crippen molar-refractivity contribution in [1.29, 1.82) is 0 Å². The molecule has 1 rings (SSSR count). The number of hydrogen-bond acceptors (Lipinski definition) is 4. The molecule has 1 saturated carbocycles. The summed E-state index contributed by atoms with van der Waals surface area (Å²) in [6, 6.07) is 0. The minimum Gasteiger partial charge on any atom is -0.465 e. The molecule has 0 saturated heterocycles. The summed E-state index contributed by atoms with van der Waals surface area (Å²) in [7, 11) is 0. The maximum Gasteiger partial charge on any atom is 0.308 e. The lowest BCUT2D eigenvalue weighted by Crippen LogP contribution is -2.30. The highest BCUT2D eigenvalue weighted by molar-refractivity contribution is 5.76. The Bertz CT molecular complexity index is 448. The number of hydrogen-bond donors (Lipinski definition) is 0. The number of ether oxygens (including phenoxy) is 2. The zero-order valence-electron chi connectivity index (χ0n) is 20.1. The molecule has 0 amide bonds. The molecule has 1 aliphatic rings. The summed E-state index contributed by atoms with van der Waals surface area (Å²) in [6.45, 7) is 7.68. The zero-order chi connectivity index (χ0) is 22.0.